The number of benzene rings is 1. The first-order valence-electron chi connectivity index (χ1n) is 5.01. The highest BCUT2D eigenvalue weighted by molar-refractivity contribution is 7.98. The molecule has 1 unspecified atom stereocenters. The van der Waals surface area contributed by atoms with Gasteiger partial charge in [-0.25, -0.2) is 4.98 Å². The predicted octanol–water partition coefficient (Wildman–Crippen LogP) is 3.23. The highest BCUT2D eigenvalue weighted by Gasteiger charge is 2.13. The van der Waals surface area contributed by atoms with Gasteiger partial charge in [-0.15, -0.1) is 0 Å². The van der Waals surface area contributed by atoms with Gasteiger partial charge in [0.05, 0.1) is 6.04 Å². The van der Waals surface area contributed by atoms with Crippen LogP contribution in [0, 0.1) is 0 Å². The van der Waals surface area contributed by atoms with Gasteiger partial charge >= 0.3 is 0 Å². The Bertz CT molecular complexity index is 486. The first-order valence-corrected chi connectivity index (χ1v) is 6.78. The van der Waals surface area contributed by atoms with E-state index in [0.717, 1.165) is 17.7 Å². The Morgan fingerprint density at radius 1 is 1.56 bits per heavy atom. The normalized spacial score (nSPS) is 13.2. The number of fused-ring (bicyclic) bond motifs is 1. The Hall–Kier alpha value is -0.710. The molecule has 0 amide bonds. The molecule has 0 radical (unpaired) electrons. The number of hydrogen-bond acceptors (Lipinski definition) is 4. The summed E-state index contributed by atoms with van der Waals surface area (Å²) in [5.74, 6) is 1.59. The summed E-state index contributed by atoms with van der Waals surface area (Å²) in [6.45, 7) is 0. The highest BCUT2D eigenvalue weighted by Crippen LogP contribution is 2.24. The van der Waals surface area contributed by atoms with E-state index in [0.29, 0.717) is 16.5 Å². The zero-order valence-electron chi connectivity index (χ0n) is 8.94. The van der Waals surface area contributed by atoms with Gasteiger partial charge < -0.3 is 10.2 Å². The van der Waals surface area contributed by atoms with Gasteiger partial charge in [0.25, 0.3) is 0 Å². The molecule has 0 aliphatic heterocycles. The number of rotatable bonds is 4. The van der Waals surface area contributed by atoms with Gasteiger partial charge in [0.15, 0.2) is 5.58 Å². The average molecular weight is 257 g/mol. The summed E-state index contributed by atoms with van der Waals surface area (Å²) in [5.41, 5.74) is 7.48. The van der Waals surface area contributed by atoms with Crippen molar-refractivity contribution in [2.45, 2.75) is 12.5 Å². The SMILES string of the molecule is CSCCC(N)c1nc2ccc(Cl)cc2o1. The molecule has 1 aromatic heterocycles. The van der Waals surface area contributed by atoms with Crippen molar-refractivity contribution in [1.82, 2.24) is 4.98 Å². The summed E-state index contributed by atoms with van der Waals surface area (Å²) in [5, 5.41) is 0.646. The Labute approximate surface area is 103 Å². The van der Waals surface area contributed by atoms with Crippen LogP contribution in [-0.4, -0.2) is 17.0 Å². The molecule has 0 saturated carbocycles. The summed E-state index contributed by atoms with van der Waals surface area (Å²) in [6.07, 6.45) is 2.92. The second kappa shape index (κ2) is 5.08. The monoisotopic (exact) mass is 256 g/mol. The fraction of sp³-hybridized carbons (Fsp3) is 0.364. The molecule has 0 fully saturated rings. The van der Waals surface area contributed by atoms with Crippen LogP contribution in [-0.2, 0) is 0 Å². The van der Waals surface area contributed by atoms with Crippen LogP contribution in [0.15, 0.2) is 22.6 Å². The Balaban J connectivity index is 2.25. The van der Waals surface area contributed by atoms with Gasteiger partial charge in [0, 0.05) is 11.1 Å². The van der Waals surface area contributed by atoms with Crippen LogP contribution in [0.3, 0.4) is 0 Å². The van der Waals surface area contributed by atoms with E-state index in [1.54, 1.807) is 23.9 Å². The van der Waals surface area contributed by atoms with Crippen molar-refractivity contribution < 1.29 is 4.42 Å². The Morgan fingerprint density at radius 3 is 3.12 bits per heavy atom. The van der Waals surface area contributed by atoms with Crippen LogP contribution in [0.1, 0.15) is 18.4 Å². The standard InChI is InChI=1S/C11H13ClN2OS/c1-16-5-4-8(13)11-14-9-3-2-7(12)6-10(9)15-11/h2-3,6,8H,4-5,13H2,1H3. The molecule has 2 N–H and O–H groups in total. The van der Waals surface area contributed by atoms with E-state index in [-0.39, 0.29) is 6.04 Å². The van der Waals surface area contributed by atoms with E-state index in [2.05, 4.69) is 11.2 Å². The van der Waals surface area contributed by atoms with E-state index in [1.165, 1.54) is 0 Å². The zero-order chi connectivity index (χ0) is 11.5. The van der Waals surface area contributed by atoms with Gasteiger partial charge in [0.1, 0.15) is 5.52 Å². The molecule has 1 heterocycles. The van der Waals surface area contributed by atoms with E-state index in [9.17, 15) is 0 Å². The van der Waals surface area contributed by atoms with Crippen LogP contribution < -0.4 is 5.73 Å². The number of nitrogens with zero attached hydrogens (tertiary/aromatic N) is 1. The lowest BCUT2D eigenvalue weighted by Gasteiger charge is -2.04. The average Bonchev–Trinajstić information content (AvgIpc) is 2.68. The minimum Gasteiger partial charge on any atom is -0.439 e. The van der Waals surface area contributed by atoms with E-state index < -0.39 is 0 Å². The van der Waals surface area contributed by atoms with Crippen molar-refractivity contribution in [2.75, 3.05) is 12.0 Å². The maximum atomic E-state index is 5.98. The lowest BCUT2D eigenvalue weighted by Crippen LogP contribution is -2.11. The Morgan fingerprint density at radius 2 is 2.38 bits per heavy atom. The number of aromatic nitrogens is 1. The quantitative estimate of drug-likeness (QED) is 0.913. The molecule has 16 heavy (non-hydrogen) atoms. The summed E-state index contributed by atoms with van der Waals surface area (Å²) in [7, 11) is 0. The van der Waals surface area contributed by atoms with E-state index in [4.69, 9.17) is 21.8 Å². The topological polar surface area (TPSA) is 52.0 Å². The van der Waals surface area contributed by atoms with E-state index >= 15 is 0 Å². The summed E-state index contributed by atoms with van der Waals surface area (Å²) in [6, 6.07) is 5.25. The van der Waals surface area contributed by atoms with Gasteiger partial charge in [-0.3, -0.25) is 0 Å². The van der Waals surface area contributed by atoms with Crippen LogP contribution in [0.4, 0.5) is 0 Å². The van der Waals surface area contributed by atoms with Gasteiger partial charge in [0.2, 0.25) is 5.89 Å². The molecule has 1 atom stereocenters. The molecule has 0 aliphatic carbocycles. The molecule has 2 aromatic rings. The first-order chi connectivity index (χ1) is 7.70. The zero-order valence-corrected chi connectivity index (χ0v) is 10.5. The third kappa shape index (κ3) is 2.51. The largest absolute Gasteiger partial charge is 0.439 e. The van der Waals surface area contributed by atoms with Crippen LogP contribution in [0.5, 0.6) is 0 Å². The lowest BCUT2D eigenvalue weighted by molar-refractivity contribution is 0.470. The summed E-state index contributed by atoms with van der Waals surface area (Å²) < 4.78 is 5.58. The van der Waals surface area contributed by atoms with Crippen LogP contribution >= 0.6 is 23.4 Å². The molecular formula is C11H13ClN2OS. The number of thioether (sulfide) groups is 1. The molecule has 5 heteroatoms. The third-order valence-corrected chi connectivity index (χ3v) is 3.20. The maximum absolute atomic E-state index is 5.98. The molecule has 0 bridgehead atoms. The smallest absolute Gasteiger partial charge is 0.212 e. The number of oxazole rings is 1. The second-order valence-electron chi connectivity index (χ2n) is 3.55. The van der Waals surface area contributed by atoms with Crippen molar-refractivity contribution in [1.29, 1.82) is 0 Å². The van der Waals surface area contributed by atoms with Crippen LogP contribution in [0.25, 0.3) is 11.1 Å². The van der Waals surface area contributed by atoms with Crippen molar-refractivity contribution in [3.63, 3.8) is 0 Å². The van der Waals surface area contributed by atoms with Crippen molar-refractivity contribution in [3.05, 3.63) is 29.1 Å². The number of nitrogens with two attached hydrogens (primary N) is 1. The minimum atomic E-state index is -0.140. The van der Waals surface area contributed by atoms with Crippen LogP contribution in [0.2, 0.25) is 5.02 Å². The highest BCUT2D eigenvalue weighted by atomic mass is 35.5. The minimum absolute atomic E-state index is 0.140. The molecule has 3 nitrogen and oxygen atoms in total. The summed E-state index contributed by atoms with van der Waals surface area (Å²) >= 11 is 7.63. The van der Waals surface area contributed by atoms with Gasteiger partial charge in [-0.05, 0) is 30.6 Å². The maximum Gasteiger partial charge on any atom is 0.212 e. The molecular weight excluding hydrogens is 244 g/mol. The van der Waals surface area contributed by atoms with E-state index in [1.807, 2.05) is 6.07 Å². The molecule has 0 aliphatic rings. The molecule has 2 rings (SSSR count). The predicted molar refractivity (Wildman–Crippen MR) is 68.9 cm³/mol. The molecule has 0 saturated heterocycles. The molecule has 0 spiro atoms. The first kappa shape index (κ1) is 11.8. The van der Waals surface area contributed by atoms with Gasteiger partial charge in [-0.2, -0.15) is 11.8 Å². The third-order valence-electron chi connectivity index (χ3n) is 2.32. The fourth-order valence-corrected chi connectivity index (χ4v) is 2.09. The lowest BCUT2D eigenvalue weighted by atomic mass is 10.2. The fourth-order valence-electron chi connectivity index (χ4n) is 1.44. The Kier molecular flexibility index (Phi) is 3.74. The van der Waals surface area contributed by atoms with Gasteiger partial charge in [-0.1, -0.05) is 11.6 Å². The number of hydrogen-bond donors (Lipinski definition) is 1. The van der Waals surface area contributed by atoms with Crippen molar-refractivity contribution in [2.24, 2.45) is 5.73 Å². The number of halogens is 1. The van der Waals surface area contributed by atoms with Crippen molar-refractivity contribution in [3.8, 4) is 0 Å². The molecule has 86 valence electrons. The van der Waals surface area contributed by atoms with Crippen molar-refractivity contribution >= 4 is 34.5 Å². The summed E-state index contributed by atoms with van der Waals surface area (Å²) in [4.78, 5) is 4.35. The molecule has 1 aromatic carbocycles. The second-order valence-corrected chi connectivity index (χ2v) is 4.97.